The van der Waals surface area contributed by atoms with Crippen LogP contribution in [0.25, 0.3) is 0 Å². The van der Waals surface area contributed by atoms with E-state index in [0.29, 0.717) is 10.3 Å². The Morgan fingerprint density at radius 2 is 2.13 bits per heavy atom. The molecule has 1 rings (SSSR count). The van der Waals surface area contributed by atoms with Crippen LogP contribution in [0, 0.1) is 10.1 Å². The van der Waals surface area contributed by atoms with Crippen LogP contribution in [0.1, 0.15) is 20.8 Å². The number of hydrogen-bond donors (Lipinski definition) is 1. The second-order valence-electron chi connectivity index (χ2n) is 4.16. The monoisotopic (exact) mass is 273 g/mol. The molecule has 0 fully saturated rings. The van der Waals surface area contributed by atoms with Gasteiger partial charge in [0.1, 0.15) is 12.0 Å². The van der Waals surface area contributed by atoms with E-state index in [0.717, 1.165) is 0 Å². The second-order valence-corrected chi connectivity index (χ2v) is 5.01. The van der Waals surface area contributed by atoms with Crippen LogP contribution in [0.3, 0.4) is 0 Å². The Morgan fingerprint density at radius 3 is 2.53 bits per heavy atom. The van der Waals surface area contributed by atoms with Crippen LogP contribution in [0.15, 0.2) is 16.7 Å². The van der Waals surface area contributed by atoms with Gasteiger partial charge in [0.25, 0.3) is 5.69 Å². The first-order valence-corrected chi connectivity index (χ1v) is 5.17. The highest BCUT2D eigenvalue weighted by atomic mass is 79.9. The third-order valence-corrected chi connectivity index (χ3v) is 2.14. The lowest BCUT2D eigenvalue weighted by Gasteiger charge is -2.21. The molecular formula is C9H12BrN3O2. The van der Waals surface area contributed by atoms with Crippen molar-refractivity contribution >= 4 is 27.4 Å². The van der Waals surface area contributed by atoms with Crippen molar-refractivity contribution in [2.75, 3.05) is 5.32 Å². The first-order chi connectivity index (χ1) is 6.79. The number of halogens is 1. The summed E-state index contributed by atoms with van der Waals surface area (Å²) in [6.07, 6.45) is 1.23. The van der Waals surface area contributed by atoms with E-state index in [2.05, 4.69) is 26.2 Å². The molecular weight excluding hydrogens is 262 g/mol. The van der Waals surface area contributed by atoms with Gasteiger partial charge in [0.05, 0.1) is 9.40 Å². The summed E-state index contributed by atoms with van der Waals surface area (Å²) in [5.41, 5.74) is -0.160. The van der Waals surface area contributed by atoms with Gasteiger partial charge in [-0.2, -0.15) is 0 Å². The van der Waals surface area contributed by atoms with Crippen molar-refractivity contribution < 1.29 is 4.92 Å². The molecule has 6 heteroatoms. The van der Waals surface area contributed by atoms with Gasteiger partial charge in [-0.1, -0.05) is 0 Å². The fraction of sp³-hybridized carbons (Fsp3) is 0.444. The van der Waals surface area contributed by atoms with E-state index in [4.69, 9.17) is 0 Å². The van der Waals surface area contributed by atoms with E-state index in [1.807, 2.05) is 20.8 Å². The number of hydrogen-bond acceptors (Lipinski definition) is 4. The van der Waals surface area contributed by atoms with Crippen LogP contribution >= 0.6 is 15.9 Å². The van der Waals surface area contributed by atoms with Gasteiger partial charge in [-0.05, 0) is 36.7 Å². The molecule has 0 bridgehead atoms. The molecule has 1 heterocycles. The first-order valence-electron chi connectivity index (χ1n) is 4.38. The molecule has 0 aliphatic carbocycles. The standard InChI is InChI=1S/C9H12BrN3O2/c1-9(2,3)12-8-7(10)4-6(5-11-8)13(14)15/h4-5H,1-3H3,(H,11,12). The lowest BCUT2D eigenvalue weighted by atomic mass is 10.1. The van der Waals surface area contributed by atoms with Crippen LogP contribution in [-0.2, 0) is 0 Å². The van der Waals surface area contributed by atoms with Crippen molar-refractivity contribution in [1.29, 1.82) is 0 Å². The van der Waals surface area contributed by atoms with E-state index < -0.39 is 4.92 Å². The van der Waals surface area contributed by atoms with Gasteiger partial charge in [0, 0.05) is 11.6 Å². The van der Waals surface area contributed by atoms with Crippen molar-refractivity contribution in [2.45, 2.75) is 26.3 Å². The zero-order valence-electron chi connectivity index (χ0n) is 8.74. The fourth-order valence-electron chi connectivity index (χ4n) is 0.975. The zero-order valence-corrected chi connectivity index (χ0v) is 10.3. The summed E-state index contributed by atoms with van der Waals surface area (Å²) in [4.78, 5) is 14.0. The Balaban J connectivity index is 2.99. The number of rotatable bonds is 2. The summed E-state index contributed by atoms with van der Waals surface area (Å²) in [7, 11) is 0. The quantitative estimate of drug-likeness (QED) is 0.665. The maximum Gasteiger partial charge on any atom is 0.288 e. The van der Waals surface area contributed by atoms with E-state index in [-0.39, 0.29) is 11.2 Å². The molecule has 0 aromatic carbocycles. The minimum absolute atomic E-state index is 0.0265. The van der Waals surface area contributed by atoms with Crippen LogP contribution in [0.2, 0.25) is 0 Å². The molecule has 1 N–H and O–H groups in total. The fourth-order valence-corrected chi connectivity index (χ4v) is 1.41. The Hall–Kier alpha value is -1.17. The van der Waals surface area contributed by atoms with E-state index in [1.165, 1.54) is 12.3 Å². The summed E-state index contributed by atoms with van der Waals surface area (Å²) < 4.78 is 0.589. The topological polar surface area (TPSA) is 68.1 Å². The lowest BCUT2D eigenvalue weighted by molar-refractivity contribution is -0.385. The molecule has 0 aliphatic rings. The van der Waals surface area contributed by atoms with Gasteiger partial charge in [-0.3, -0.25) is 10.1 Å². The smallest absolute Gasteiger partial charge is 0.288 e. The summed E-state index contributed by atoms with van der Waals surface area (Å²) in [5, 5.41) is 13.6. The zero-order chi connectivity index (χ0) is 11.6. The molecule has 0 spiro atoms. The molecule has 1 aromatic rings. The molecule has 0 saturated carbocycles. The summed E-state index contributed by atoms with van der Waals surface area (Å²) in [5.74, 6) is 0.605. The van der Waals surface area contributed by atoms with Gasteiger partial charge in [-0.15, -0.1) is 0 Å². The van der Waals surface area contributed by atoms with Gasteiger partial charge in [0.2, 0.25) is 0 Å². The van der Waals surface area contributed by atoms with Crippen LogP contribution in [0.5, 0.6) is 0 Å². The third kappa shape index (κ3) is 3.47. The SMILES string of the molecule is CC(C)(C)Nc1ncc([N+](=O)[O-])cc1Br. The number of nitro groups is 1. The molecule has 0 unspecified atom stereocenters. The van der Waals surface area contributed by atoms with E-state index >= 15 is 0 Å². The van der Waals surface area contributed by atoms with Crippen molar-refractivity contribution in [3.63, 3.8) is 0 Å². The number of nitrogens with zero attached hydrogens (tertiary/aromatic N) is 2. The average Bonchev–Trinajstić information content (AvgIpc) is 2.05. The maximum absolute atomic E-state index is 10.5. The molecule has 15 heavy (non-hydrogen) atoms. The highest BCUT2D eigenvalue weighted by Crippen LogP contribution is 2.26. The largest absolute Gasteiger partial charge is 0.365 e. The van der Waals surface area contributed by atoms with Crippen LogP contribution in [0.4, 0.5) is 11.5 Å². The Morgan fingerprint density at radius 1 is 1.53 bits per heavy atom. The summed E-state index contributed by atoms with van der Waals surface area (Å²) >= 11 is 3.24. The third-order valence-electron chi connectivity index (χ3n) is 1.53. The van der Waals surface area contributed by atoms with Crippen molar-refractivity contribution in [3.8, 4) is 0 Å². The first kappa shape index (κ1) is 11.9. The molecule has 5 nitrogen and oxygen atoms in total. The number of anilines is 1. The predicted molar refractivity (Wildman–Crippen MR) is 62.0 cm³/mol. The molecule has 0 atom stereocenters. The van der Waals surface area contributed by atoms with Crippen molar-refractivity contribution in [1.82, 2.24) is 4.98 Å². The minimum Gasteiger partial charge on any atom is -0.365 e. The van der Waals surface area contributed by atoms with Gasteiger partial charge >= 0.3 is 0 Å². The normalized spacial score (nSPS) is 11.2. The lowest BCUT2D eigenvalue weighted by Crippen LogP contribution is -2.26. The van der Waals surface area contributed by atoms with Gasteiger partial charge in [0.15, 0.2) is 0 Å². The minimum atomic E-state index is -0.474. The molecule has 0 radical (unpaired) electrons. The van der Waals surface area contributed by atoms with Crippen molar-refractivity contribution in [3.05, 3.63) is 26.9 Å². The number of aromatic nitrogens is 1. The maximum atomic E-state index is 10.5. The van der Waals surface area contributed by atoms with Crippen LogP contribution < -0.4 is 5.32 Å². The molecule has 0 saturated heterocycles. The molecule has 82 valence electrons. The van der Waals surface area contributed by atoms with Gasteiger partial charge < -0.3 is 5.32 Å². The predicted octanol–water partition coefficient (Wildman–Crippen LogP) is 2.96. The molecule has 0 aliphatic heterocycles. The van der Waals surface area contributed by atoms with Gasteiger partial charge in [-0.25, -0.2) is 4.98 Å². The van der Waals surface area contributed by atoms with Crippen LogP contribution in [-0.4, -0.2) is 15.4 Å². The highest BCUT2D eigenvalue weighted by molar-refractivity contribution is 9.10. The summed E-state index contributed by atoms with van der Waals surface area (Å²) in [6.45, 7) is 5.97. The Labute approximate surface area is 96.2 Å². The second kappa shape index (κ2) is 4.14. The van der Waals surface area contributed by atoms with Crippen molar-refractivity contribution in [2.24, 2.45) is 0 Å². The summed E-state index contributed by atoms with van der Waals surface area (Å²) in [6, 6.07) is 1.43. The Bertz CT molecular complexity index is 387. The number of nitrogens with one attached hydrogen (secondary N) is 1. The highest BCUT2D eigenvalue weighted by Gasteiger charge is 2.15. The molecule has 0 amide bonds. The number of pyridine rings is 1. The van der Waals surface area contributed by atoms with E-state index in [9.17, 15) is 10.1 Å². The average molecular weight is 274 g/mol. The Kier molecular flexibility index (Phi) is 3.28. The molecule has 1 aromatic heterocycles. The van der Waals surface area contributed by atoms with E-state index in [1.54, 1.807) is 0 Å².